The van der Waals surface area contributed by atoms with Crippen LogP contribution < -0.4 is 5.32 Å². The van der Waals surface area contributed by atoms with E-state index in [9.17, 15) is 0 Å². The van der Waals surface area contributed by atoms with E-state index in [0.717, 1.165) is 26.2 Å². The number of aromatic nitrogens is 1. The van der Waals surface area contributed by atoms with E-state index in [0.29, 0.717) is 0 Å². The maximum Gasteiger partial charge on any atom is 0.0646 e. The molecule has 0 spiro atoms. The Morgan fingerprint density at radius 3 is 3.07 bits per heavy atom. The van der Waals surface area contributed by atoms with Crippen molar-refractivity contribution >= 4 is 0 Å². The lowest BCUT2D eigenvalue weighted by atomic mass is 10.0. The molecule has 0 aromatic carbocycles. The molecule has 1 saturated heterocycles. The summed E-state index contributed by atoms with van der Waals surface area (Å²) in [4.78, 5) is 0. The molecule has 0 amide bonds. The number of rotatable bonds is 3. The number of ether oxygens (including phenoxy) is 1. The summed E-state index contributed by atoms with van der Waals surface area (Å²) < 4.78 is 7.54. The molecule has 0 saturated carbocycles. The first-order valence-electron chi connectivity index (χ1n) is 5.13. The quantitative estimate of drug-likeness (QED) is 0.785. The molecule has 1 aliphatic rings. The largest absolute Gasteiger partial charge is 0.379 e. The lowest BCUT2D eigenvalue weighted by Gasteiger charge is -2.23. The highest BCUT2D eigenvalue weighted by atomic mass is 16.5. The number of nitrogens with one attached hydrogen (secondary N) is 1. The van der Waals surface area contributed by atoms with Gasteiger partial charge in [-0.15, -0.1) is 0 Å². The third-order valence-corrected chi connectivity index (χ3v) is 2.97. The van der Waals surface area contributed by atoms with Gasteiger partial charge in [-0.3, -0.25) is 0 Å². The summed E-state index contributed by atoms with van der Waals surface area (Å²) in [5.74, 6) is 0. The van der Waals surface area contributed by atoms with Crippen LogP contribution in [-0.2, 0) is 18.3 Å². The second-order valence-electron chi connectivity index (χ2n) is 4.33. The molecule has 78 valence electrons. The molecule has 0 bridgehead atoms. The van der Waals surface area contributed by atoms with Gasteiger partial charge in [-0.1, -0.05) is 0 Å². The van der Waals surface area contributed by atoms with E-state index in [1.807, 2.05) is 0 Å². The van der Waals surface area contributed by atoms with E-state index in [1.54, 1.807) is 0 Å². The molecule has 2 heterocycles. The SMILES string of the molecule is Cn1cccc1CNC1(C)CCOC1. The van der Waals surface area contributed by atoms with Crippen LogP contribution in [0.15, 0.2) is 18.3 Å². The lowest BCUT2D eigenvalue weighted by Crippen LogP contribution is -2.42. The van der Waals surface area contributed by atoms with Crippen molar-refractivity contribution in [1.82, 2.24) is 9.88 Å². The van der Waals surface area contributed by atoms with Gasteiger partial charge in [0.15, 0.2) is 0 Å². The Morgan fingerprint density at radius 1 is 1.64 bits per heavy atom. The first-order valence-corrected chi connectivity index (χ1v) is 5.13. The smallest absolute Gasteiger partial charge is 0.0646 e. The highest BCUT2D eigenvalue weighted by molar-refractivity contribution is 5.07. The normalized spacial score (nSPS) is 27.0. The number of nitrogens with zero attached hydrogens (tertiary/aromatic N) is 1. The van der Waals surface area contributed by atoms with Crippen LogP contribution in [0, 0.1) is 0 Å². The molecule has 1 aromatic heterocycles. The Labute approximate surface area is 85.1 Å². The number of hydrogen-bond donors (Lipinski definition) is 1. The highest BCUT2D eigenvalue weighted by Gasteiger charge is 2.28. The molecule has 1 atom stereocenters. The fraction of sp³-hybridized carbons (Fsp3) is 0.636. The van der Waals surface area contributed by atoms with Gasteiger partial charge >= 0.3 is 0 Å². The van der Waals surface area contributed by atoms with Crippen LogP contribution in [0.25, 0.3) is 0 Å². The third kappa shape index (κ3) is 1.99. The minimum atomic E-state index is 0.171. The van der Waals surface area contributed by atoms with Gasteiger partial charge in [-0.05, 0) is 25.5 Å². The van der Waals surface area contributed by atoms with Crippen molar-refractivity contribution < 1.29 is 4.74 Å². The Hall–Kier alpha value is -0.800. The number of hydrogen-bond acceptors (Lipinski definition) is 2. The third-order valence-electron chi connectivity index (χ3n) is 2.97. The zero-order valence-corrected chi connectivity index (χ0v) is 8.92. The molecule has 0 radical (unpaired) electrons. The van der Waals surface area contributed by atoms with Crippen LogP contribution in [0.2, 0.25) is 0 Å². The van der Waals surface area contributed by atoms with E-state index >= 15 is 0 Å². The van der Waals surface area contributed by atoms with Gasteiger partial charge in [0, 0.05) is 37.6 Å². The van der Waals surface area contributed by atoms with Gasteiger partial charge in [0.05, 0.1) is 6.61 Å². The van der Waals surface area contributed by atoms with Crippen LogP contribution >= 0.6 is 0 Å². The maximum atomic E-state index is 5.39. The van der Waals surface area contributed by atoms with Gasteiger partial charge in [0.2, 0.25) is 0 Å². The maximum absolute atomic E-state index is 5.39. The molecule has 3 nitrogen and oxygen atoms in total. The topological polar surface area (TPSA) is 26.2 Å². The Balaban J connectivity index is 1.91. The summed E-state index contributed by atoms with van der Waals surface area (Å²) >= 11 is 0. The molecular formula is C11H18N2O. The first kappa shape index (κ1) is 9.74. The Bertz CT molecular complexity index is 300. The molecule has 3 heteroatoms. The van der Waals surface area contributed by atoms with Gasteiger partial charge in [0.1, 0.15) is 0 Å². The Morgan fingerprint density at radius 2 is 2.50 bits per heavy atom. The summed E-state index contributed by atoms with van der Waals surface area (Å²) in [5.41, 5.74) is 1.49. The van der Waals surface area contributed by atoms with Crippen LogP contribution in [0.3, 0.4) is 0 Å². The van der Waals surface area contributed by atoms with Crippen molar-refractivity contribution in [2.45, 2.75) is 25.4 Å². The van der Waals surface area contributed by atoms with Crippen molar-refractivity contribution in [2.75, 3.05) is 13.2 Å². The predicted molar refractivity (Wildman–Crippen MR) is 56.1 cm³/mol. The van der Waals surface area contributed by atoms with Crippen molar-refractivity contribution in [1.29, 1.82) is 0 Å². The van der Waals surface area contributed by atoms with E-state index in [4.69, 9.17) is 4.74 Å². The summed E-state index contributed by atoms with van der Waals surface area (Å²) in [5, 5.41) is 3.56. The van der Waals surface area contributed by atoms with Crippen molar-refractivity contribution in [2.24, 2.45) is 7.05 Å². The molecule has 2 rings (SSSR count). The average molecular weight is 194 g/mol. The van der Waals surface area contributed by atoms with Crippen LogP contribution in [-0.4, -0.2) is 23.3 Å². The minimum absolute atomic E-state index is 0.171. The molecule has 0 aliphatic carbocycles. The van der Waals surface area contributed by atoms with E-state index in [2.05, 4.69) is 42.2 Å². The summed E-state index contributed by atoms with van der Waals surface area (Å²) in [6.45, 7) is 4.86. The van der Waals surface area contributed by atoms with Crippen molar-refractivity contribution in [3.63, 3.8) is 0 Å². The molecule has 1 N–H and O–H groups in total. The summed E-state index contributed by atoms with van der Waals surface area (Å²) in [6.07, 6.45) is 3.18. The van der Waals surface area contributed by atoms with Gasteiger partial charge in [-0.2, -0.15) is 0 Å². The number of aryl methyl sites for hydroxylation is 1. The zero-order chi connectivity index (χ0) is 10.0. The van der Waals surface area contributed by atoms with E-state index in [-0.39, 0.29) is 5.54 Å². The van der Waals surface area contributed by atoms with Crippen LogP contribution in [0.4, 0.5) is 0 Å². The van der Waals surface area contributed by atoms with Crippen LogP contribution in [0.5, 0.6) is 0 Å². The lowest BCUT2D eigenvalue weighted by molar-refractivity contribution is 0.171. The fourth-order valence-corrected chi connectivity index (χ4v) is 1.79. The molecule has 1 fully saturated rings. The standard InChI is InChI=1S/C11H18N2O/c1-11(5-7-14-9-11)12-8-10-4-3-6-13(10)2/h3-4,6,12H,5,7-9H2,1-2H3. The monoisotopic (exact) mass is 194 g/mol. The van der Waals surface area contributed by atoms with Gasteiger partial charge in [0.25, 0.3) is 0 Å². The molecule has 14 heavy (non-hydrogen) atoms. The first-order chi connectivity index (χ1) is 6.70. The molecule has 1 aromatic rings. The van der Waals surface area contributed by atoms with Crippen molar-refractivity contribution in [3.05, 3.63) is 24.0 Å². The van der Waals surface area contributed by atoms with Crippen molar-refractivity contribution in [3.8, 4) is 0 Å². The average Bonchev–Trinajstić information content (AvgIpc) is 2.73. The Kier molecular flexibility index (Phi) is 2.61. The second kappa shape index (κ2) is 3.75. The van der Waals surface area contributed by atoms with Crippen LogP contribution in [0.1, 0.15) is 19.0 Å². The van der Waals surface area contributed by atoms with E-state index in [1.165, 1.54) is 5.69 Å². The summed E-state index contributed by atoms with van der Waals surface area (Å²) in [6, 6.07) is 4.22. The zero-order valence-electron chi connectivity index (χ0n) is 8.92. The summed E-state index contributed by atoms with van der Waals surface area (Å²) in [7, 11) is 2.07. The fourth-order valence-electron chi connectivity index (χ4n) is 1.79. The minimum Gasteiger partial charge on any atom is -0.379 e. The van der Waals surface area contributed by atoms with Gasteiger partial charge in [-0.25, -0.2) is 0 Å². The predicted octanol–water partition coefficient (Wildman–Crippen LogP) is 1.29. The molecular weight excluding hydrogens is 176 g/mol. The highest BCUT2D eigenvalue weighted by Crippen LogP contribution is 2.18. The molecule has 1 aliphatic heterocycles. The molecule has 1 unspecified atom stereocenters. The van der Waals surface area contributed by atoms with Gasteiger partial charge < -0.3 is 14.6 Å². The van der Waals surface area contributed by atoms with E-state index < -0.39 is 0 Å². The second-order valence-corrected chi connectivity index (χ2v) is 4.33.